The van der Waals surface area contributed by atoms with Gasteiger partial charge in [0.25, 0.3) is 0 Å². The van der Waals surface area contributed by atoms with Gasteiger partial charge in [0.1, 0.15) is 0 Å². The van der Waals surface area contributed by atoms with Crippen molar-refractivity contribution in [2.24, 2.45) is 0 Å². The van der Waals surface area contributed by atoms with Gasteiger partial charge in [-0.25, -0.2) is 0 Å². The van der Waals surface area contributed by atoms with E-state index in [2.05, 4.69) is 10.6 Å². The fraction of sp³-hybridized carbons (Fsp3) is 0.800. The molecule has 1 aliphatic heterocycles. The highest BCUT2D eigenvalue weighted by atomic mass is 16.2. The summed E-state index contributed by atoms with van der Waals surface area (Å²) in [6, 6.07) is -0.560. The van der Waals surface area contributed by atoms with E-state index in [1.807, 2.05) is 34.6 Å². The summed E-state index contributed by atoms with van der Waals surface area (Å²) in [5, 5.41) is 5.87. The Morgan fingerprint density at radius 2 is 2.00 bits per heavy atom. The molecule has 2 unspecified atom stereocenters. The Kier molecular flexibility index (Phi) is 5.89. The van der Waals surface area contributed by atoms with Gasteiger partial charge in [-0.15, -0.1) is 0 Å². The molecule has 0 aliphatic carbocycles. The normalized spacial score (nSPS) is 20.8. The third-order valence-corrected chi connectivity index (χ3v) is 3.47. The highest BCUT2D eigenvalue weighted by Crippen LogP contribution is 2.17. The van der Waals surface area contributed by atoms with E-state index in [-0.39, 0.29) is 35.7 Å². The molecule has 0 saturated carbocycles. The van der Waals surface area contributed by atoms with E-state index < -0.39 is 6.04 Å². The minimum Gasteiger partial charge on any atom is -0.351 e. The van der Waals surface area contributed by atoms with Crippen LogP contribution in [0.3, 0.4) is 0 Å². The van der Waals surface area contributed by atoms with Gasteiger partial charge in [0.2, 0.25) is 17.7 Å². The van der Waals surface area contributed by atoms with Crippen molar-refractivity contribution >= 4 is 17.7 Å². The zero-order valence-corrected chi connectivity index (χ0v) is 13.7. The van der Waals surface area contributed by atoms with Gasteiger partial charge >= 0.3 is 0 Å². The van der Waals surface area contributed by atoms with Crippen LogP contribution in [-0.2, 0) is 14.4 Å². The molecule has 3 amide bonds. The minimum absolute atomic E-state index is 0.0643. The van der Waals surface area contributed by atoms with E-state index in [9.17, 15) is 14.4 Å². The van der Waals surface area contributed by atoms with Crippen molar-refractivity contribution in [1.29, 1.82) is 0 Å². The summed E-state index contributed by atoms with van der Waals surface area (Å²) >= 11 is 0. The Labute approximate surface area is 126 Å². The lowest BCUT2D eigenvalue weighted by Crippen LogP contribution is -2.44. The Bertz CT molecular complexity index is 415. The average Bonchev–Trinajstić information content (AvgIpc) is 2.61. The molecule has 0 spiro atoms. The largest absolute Gasteiger partial charge is 0.351 e. The van der Waals surface area contributed by atoms with Gasteiger partial charge in [0, 0.05) is 24.5 Å². The minimum atomic E-state index is -0.492. The third-order valence-electron chi connectivity index (χ3n) is 3.47. The van der Waals surface area contributed by atoms with Crippen molar-refractivity contribution in [3.63, 3.8) is 0 Å². The lowest BCUT2D eigenvalue weighted by molar-refractivity contribution is -0.141. The second-order valence-electron chi connectivity index (χ2n) is 6.62. The summed E-state index contributed by atoms with van der Waals surface area (Å²) in [7, 11) is 0. The summed E-state index contributed by atoms with van der Waals surface area (Å²) in [5.74, 6) is -0.373. The first-order valence-corrected chi connectivity index (χ1v) is 7.56. The SMILES string of the molecule is CCC(C)N1C(=O)CC(NCCC(=O)NC(C)(C)C)C1=O. The molecule has 2 atom stereocenters. The third kappa shape index (κ3) is 5.12. The molecular formula is C15H27N3O3. The van der Waals surface area contributed by atoms with E-state index in [1.54, 1.807) is 0 Å². The molecule has 0 bridgehead atoms. The molecule has 1 rings (SSSR count). The molecule has 120 valence electrons. The Morgan fingerprint density at radius 1 is 1.38 bits per heavy atom. The molecular weight excluding hydrogens is 270 g/mol. The Hall–Kier alpha value is -1.43. The van der Waals surface area contributed by atoms with Gasteiger partial charge in [-0.1, -0.05) is 6.92 Å². The predicted octanol–water partition coefficient (Wildman–Crippen LogP) is 0.807. The van der Waals surface area contributed by atoms with Crippen molar-refractivity contribution in [2.75, 3.05) is 6.54 Å². The fourth-order valence-corrected chi connectivity index (χ4v) is 2.30. The fourth-order valence-electron chi connectivity index (χ4n) is 2.30. The maximum absolute atomic E-state index is 12.2. The average molecular weight is 297 g/mol. The highest BCUT2D eigenvalue weighted by molar-refractivity contribution is 6.05. The standard InChI is InChI=1S/C15H27N3O3/c1-6-10(2)18-13(20)9-11(14(18)21)16-8-7-12(19)17-15(3,4)5/h10-11,16H,6-9H2,1-5H3,(H,17,19). The van der Waals surface area contributed by atoms with Gasteiger partial charge in [0.15, 0.2) is 0 Å². The second-order valence-corrected chi connectivity index (χ2v) is 6.62. The molecule has 0 aromatic heterocycles. The van der Waals surface area contributed by atoms with Gasteiger partial charge < -0.3 is 10.6 Å². The van der Waals surface area contributed by atoms with Gasteiger partial charge in [0.05, 0.1) is 12.5 Å². The van der Waals surface area contributed by atoms with E-state index in [4.69, 9.17) is 0 Å². The van der Waals surface area contributed by atoms with E-state index in [0.29, 0.717) is 13.0 Å². The maximum atomic E-state index is 12.2. The number of nitrogens with one attached hydrogen (secondary N) is 2. The van der Waals surface area contributed by atoms with Crippen molar-refractivity contribution in [3.05, 3.63) is 0 Å². The first kappa shape index (κ1) is 17.6. The van der Waals surface area contributed by atoms with Crippen LogP contribution >= 0.6 is 0 Å². The summed E-state index contributed by atoms with van der Waals surface area (Å²) in [5.41, 5.74) is -0.260. The molecule has 1 aliphatic rings. The number of carbonyl (C=O) groups is 3. The molecule has 6 nitrogen and oxygen atoms in total. The molecule has 1 saturated heterocycles. The highest BCUT2D eigenvalue weighted by Gasteiger charge is 2.40. The molecule has 21 heavy (non-hydrogen) atoms. The molecule has 6 heteroatoms. The monoisotopic (exact) mass is 297 g/mol. The van der Waals surface area contributed by atoms with E-state index in [0.717, 1.165) is 6.42 Å². The number of carbonyl (C=O) groups excluding carboxylic acids is 3. The van der Waals surface area contributed by atoms with E-state index >= 15 is 0 Å². The number of nitrogens with zero attached hydrogens (tertiary/aromatic N) is 1. The second kappa shape index (κ2) is 7.02. The first-order valence-electron chi connectivity index (χ1n) is 7.56. The van der Waals surface area contributed by atoms with Crippen molar-refractivity contribution in [3.8, 4) is 0 Å². The van der Waals surface area contributed by atoms with Crippen molar-refractivity contribution in [2.45, 2.75) is 71.5 Å². The van der Waals surface area contributed by atoms with Gasteiger partial charge in [-0.3, -0.25) is 19.3 Å². The van der Waals surface area contributed by atoms with Crippen LogP contribution in [-0.4, -0.2) is 46.8 Å². The summed E-state index contributed by atoms with van der Waals surface area (Å²) < 4.78 is 0. The van der Waals surface area contributed by atoms with Crippen LogP contribution in [0.1, 0.15) is 53.9 Å². The van der Waals surface area contributed by atoms with Crippen LogP contribution in [0.25, 0.3) is 0 Å². The van der Waals surface area contributed by atoms with Crippen LogP contribution in [0.15, 0.2) is 0 Å². The number of hydrogen-bond acceptors (Lipinski definition) is 4. The zero-order valence-electron chi connectivity index (χ0n) is 13.7. The van der Waals surface area contributed by atoms with Crippen LogP contribution in [0.5, 0.6) is 0 Å². The van der Waals surface area contributed by atoms with Crippen LogP contribution < -0.4 is 10.6 Å². The van der Waals surface area contributed by atoms with Crippen LogP contribution in [0.4, 0.5) is 0 Å². The molecule has 0 aromatic rings. The molecule has 0 radical (unpaired) electrons. The predicted molar refractivity (Wildman–Crippen MR) is 80.5 cm³/mol. The molecule has 2 N–H and O–H groups in total. The Morgan fingerprint density at radius 3 is 2.52 bits per heavy atom. The lowest BCUT2D eigenvalue weighted by atomic mass is 10.1. The van der Waals surface area contributed by atoms with Crippen molar-refractivity contribution < 1.29 is 14.4 Å². The quantitative estimate of drug-likeness (QED) is 0.711. The van der Waals surface area contributed by atoms with Crippen molar-refractivity contribution in [1.82, 2.24) is 15.5 Å². The summed E-state index contributed by atoms with van der Waals surface area (Å²) in [6.45, 7) is 9.96. The van der Waals surface area contributed by atoms with Crippen LogP contribution in [0.2, 0.25) is 0 Å². The molecule has 1 heterocycles. The number of rotatable bonds is 6. The lowest BCUT2D eigenvalue weighted by Gasteiger charge is -2.22. The van der Waals surface area contributed by atoms with Gasteiger partial charge in [-0.05, 0) is 34.1 Å². The van der Waals surface area contributed by atoms with E-state index in [1.165, 1.54) is 4.90 Å². The number of likely N-dealkylation sites (tertiary alicyclic amines) is 1. The van der Waals surface area contributed by atoms with Gasteiger partial charge in [-0.2, -0.15) is 0 Å². The number of imide groups is 1. The smallest absolute Gasteiger partial charge is 0.247 e. The molecule has 1 fully saturated rings. The zero-order chi connectivity index (χ0) is 16.2. The summed E-state index contributed by atoms with van der Waals surface area (Å²) in [4.78, 5) is 37.1. The molecule has 0 aromatic carbocycles. The number of hydrogen-bond donors (Lipinski definition) is 2. The first-order chi connectivity index (χ1) is 9.65. The Balaban J connectivity index is 2.42. The maximum Gasteiger partial charge on any atom is 0.247 e. The summed E-state index contributed by atoms with van der Waals surface area (Å²) in [6.07, 6.45) is 1.22. The topological polar surface area (TPSA) is 78.5 Å². The number of amides is 3. The van der Waals surface area contributed by atoms with Crippen LogP contribution in [0, 0.1) is 0 Å².